The van der Waals surface area contributed by atoms with E-state index in [2.05, 4.69) is 15.9 Å². The predicted molar refractivity (Wildman–Crippen MR) is 84.3 cm³/mol. The quantitative estimate of drug-likeness (QED) is 0.876. The number of hydrogen-bond acceptors (Lipinski definition) is 3. The third-order valence-electron chi connectivity index (χ3n) is 2.96. The van der Waals surface area contributed by atoms with Gasteiger partial charge in [0.25, 0.3) is 5.91 Å². The highest BCUT2D eigenvalue weighted by molar-refractivity contribution is 9.10. The predicted octanol–water partition coefficient (Wildman–Crippen LogP) is 3.32. The van der Waals surface area contributed by atoms with Crippen LogP contribution >= 0.6 is 15.9 Å². The van der Waals surface area contributed by atoms with E-state index in [1.165, 1.54) is 0 Å². The van der Waals surface area contributed by atoms with Crippen molar-refractivity contribution in [3.05, 3.63) is 52.5 Å². The fourth-order valence-corrected chi connectivity index (χ4v) is 2.20. The lowest BCUT2D eigenvalue weighted by atomic mass is 10.1. The maximum atomic E-state index is 12.5. The molecule has 20 heavy (non-hydrogen) atoms. The van der Waals surface area contributed by atoms with Gasteiger partial charge in [-0.05, 0) is 42.5 Å². The molecule has 2 aromatic carbocycles. The third kappa shape index (κ3) is 2.93. The number of ether oxygens (including phenoxy) is 1. The molecule has 0 spiro atoms. The van der Waals surface area contributed by atoms with Crippen molar-refractivity contribution < 1.29 is 9.53 Å². The second-order valence-electron chi connectivity index (χ2n) is 4.30. The number of nitrogen functional groups attached to an aromatic ring is 1. The molecule has 0 aliphatic rings. The minimum Gasteiger partial charge on any atom is -0.495 e. The maximum absolute atomic E-state index is 12.5. The van der Waals surface area contributed by atoms with Gasteiger partial charge < -0.3 is 15.4 Å². The number of carbonyl (C=O) groups excluding carboxylic acids is 1. The average Bonchev–Trinajstić information content (AvgIpc) is 2.46. The Balaban J connectivity index is 2.35. The van der Waals surface area contributed by atoms with E-state index in [9.17, 15) is 4.79 Å². The SMILES string of the molecule is COc1ccc(Br)cc1N(C)C(=O)c1ccc(N)cc1. The molecular formula is C15H15BrN2O2. The van der Waals surface area contributed by atoms with Crippen molar-refractivity contribution in [1.82, 2.24) is 0 Å². The molecule has 2 aromatic rings. The monoisotopic (exact) mass is 334 g/mol. The summed E-state index contributed by atoms with van der Waals surface area (Å²) in [5.74, 6) is 0.515. The summed E-state index contributed by atoms with van der Waals surface area (Å²) in [6.45, 7) is 0. The lowest BCUT2D eigenvalue weighted by molar-refractivity contribution is 0.0992. The fraction of sp³-hybridized carbons (Fsp3) is 0.133. The molecule has 0 bridgehead atoms. The molecule has 0 heterocycles. The summed E-state index contributed by atoms with van der Waals surface area (Å²) >= 11 is 3.40. The van der Waals surface area contributed by atoms with E-state index in [1.807, 2.05) is 18.2 Å². The highest BCUT2D eigenvalue weighted by Crippen LogP contribution is 2.31. The number of rotatable bonds is 3. The van der Waals surface area contributed by atoms with Crippen molar-refractivity contribution in [2.45, 2.75) is 0 Å². The van der Waals surface area contributed by atoms with Gasteiger partial charge in [0.1, 0.15) is 5.75 Å². The van der Waals surface area contributed by atoms with Gasteiger partial charge in [-0.3, -0.25) is 4.79 Å². The Morgan fingerprint density at radius 1 is 1.20 bits per heavy atom. The van der Waals surface area contributed by atoms with E-state index in [1.54, 1.807) is 43.3 Å². The standard InChI is InChI=1S/C15H15BrN2O2/c1-18(13-9-11(16)5-8-14(13)20-2)15(19)10-3-6-12(17)7-4-10/h3-9H,17H2,1-2H3. The first-order valence-corrected chi connectivity index (χ1v) is 6.79. The summed E-state index contributed by atoms with van der Waals surface area (Å²) in [6, 6.07) is 12.3. The Hall–Kier alpha value is -2.01. The number of hydrogen-bond donors (Lipinski definition) is 1. The first kappa shape index (κ1) is 14.4. The molecule has 104 valence electrons. The van der Waals surface area contributed by atoms with Crippen molar-refractivity contribution in [3.8, 4) is 5.75 Å². The maximum Gasteiger partial charge on any atom is 0.258 e. The molecule has 0 aliphatic heterocycles. The van der Waals surface area contributed by atoms with Gasteiger partial charge in [-0.2, -0.15) is 0 Å². The normalized spacial score (nSPS) is 10.2. The largest absolute Gasteiger partial charge is 0.495 e. The summed E-state index contributed by atoms with van der Waals surface area (Å²) in [7, 11) is 3.29. The molecule has 0 atom stereocenters. The number of nitrogens with two attached hydrogens (primary N) is 1. The molecule has 0 unspecified atom stereocenters. The molecule has 2 N–H and O–H groups in total. The first-order chi connectivity index (χ1) is 9.52. The Morgan fingerprint density at radius 2 is 1.85 bits per heavy atom. The van der Waals surface area contributed by atoms with Crippen molar-refractivity contribution in [3.63, 3.8) is 0 Å². The fourth-order valence-electron chi connectivity index (χ4n) is 1.85. The number of amides is 1. The zero-order valence-corrected chi connectivity index (χ0v) is 12.8. The first-order valence-electron chi connectivity index (χ1n) is 6.00. The van der Waals surface area contributed by atoms with Gasteiger partial charge in [0, 0.05) is 22.8 Å². The van der Waals surface area contributed by atoms with Gasteiger partial charge in [0.15, 0.2) is 0 Å². The summed E-state index contributed by atoms with van der Waals surface area (Å²) in [4.78, 5) is 14.0. The summed E-state index contributed by atoms with van der Waals surface area (Å²) in [5, 5.41) is 0. The molecule has 0 saturated carbocycles. The van der Waals surface area contributed by atoms with Crippen LogP contribution in [0.3, 0.4) is 0 Å². The van der Waals surface area contributed by atoms with Gasteiger partial charge in [0.05, 0.1) is 12.8 Å². The van der Waals surface area contributed by atoms with Gasteiger partial charge >= 0.3 is 0 Å². The Morgan fingerprint density at radius 3 is 2.45 bits per heavy atom. The Kier molecular flexibility index (Phi) is 4.29. The van der Waals surface area contributed by atoms with E-state index in [4.69, 9.17) is 10.5 Å². The van der Waals surface area contributed by atoms with Crippen LogP contribution in [0.1, 0.15) is 10.4 Å². The minimum atomic E-state index is -0.124. The van der Waals surface area contributed by atoms with Crippen LogP contribution in [0.25, 0.3) is 0 Å². The number of anilines is 2. The van der Waals surface area contributed by atoms with Crippen LogP contribution in [-0.4, -0.2) is 20.1 Å². The van der Waals surface area contributed by atoms with Crippen LogP contribution in [0, 0.1) is 0 Å². The van der Waals surface area contributed by atoms with Crippen LogP contribution in [0.15, 0.2) is 46.9 Å². The number of methoxy groups -OCH3 is 1. The van der Waals surface area contributed by atoms with E-state index in [0.717, 1.165) is 4.47 Å². The van der Waals surface area contributed by atoms with Crippen LogP contribution in [0.2, 0.25) is 0 Å². The molecule has 4 nitrogen and oxygen atoms in total. The van der Waals surface area contributed by atoms with Gasteiger partial charge in [-0.15, -0.1) is 0 Å². The van der Waals surface area contributed by atoms with Crippen molar-refractivity contribution in [2.75, 3.05) is 24.8 Å². The number of carbonyl (C=O) groups is 1. The smallest absolute Gasteiger partial charge is 0.258 e. The molecule has 0 radical (unpaired) electrons. The van der Waals surface area contributed by atoms with Crippen molar-refractivity contribution in [1.29, 1.82) is 0 Å². The van der Waals surface area contributed by atoms with Crippen LogP contribution in [-0.2, 0) is 0 Å². The van der Waals surface area contributed by atoms with E-state index < -0.39 is 0 Å². The molecule has 0 aliphatic carbocycles. The van der Waals surface area contributed by atoms with Crippen LogP contribution < -0.4 is 15.4 Å². The van der Waals surface area contributed by atoms with Crippen molar-refractivity contribution >= 4 is 33.2 Å². The summed E-state index contributed by atoms with van der Waals surface area (Å²) in [6.07, 6.45) is 0. The lowest BCUT2D eigenvalue weighted by Crippen LogP contribution is -2.26. The van der Waals surface area contributed by atoms with Gasteiger partial charge in [-0.25, -0.2) is 0 Å². The summed E-state index contributed by atoms with van der Waals surface area (Å²) < 4.78 is 6.17. The number of nitrogens with zero attached hydrogens (tertiary/aromatic N) is 1. The highest BCUT2D eigenvalue weighted by Gasteiger charge is 2.17. The van der Waals surface area contributed by atoms with E-state index in [0.29, 0.717) is 22.7 Å². The third-order valence-corrected chi connectivity index (χ3v) is 3.46. The zero-order chi connectivity index (χ0) is 14.7. The van der Waals surface area contributed by atoms with E-state index >= 15 is 0 Å². The second kappa shape index (κ2) is 5.96. The van der Waals surface area contributed by atoms with Gasteiger partial charge in [0.2, 0.25) is 0 Å². The van der Waals surface area contributed by atoms with Gasteiger partial charge in [-0.1, -0.05) is 15.9 Å². The molecule has 1 amide bonds. The topological polar surface area (TPSA) is 55.6 Å². The second-order valence-corrected chi connectivity index (χ2v) is 5.22. The average molecular weight is 335 g/mol. The molecule has 0 saturated heterocycles. The van der Waals surface area contributed by atoms with E-state index in [-0.39, 0.29) is 5.91 Å². The zero-order valence-electron chi connectivity index (χ0n) is 11.3. The summed E-state index contributed by atoms with van der Waals surface area (Å²) in [5.41, 5.74) is 7.53. The van der Waals surface area contributed by atoms with Crippen LogP contribution in [0.4, 0.5) is 11.4 Å². The van der Waals surface area contributed by atoms with Crippen molar-refractivity contribution in [2.24, 2.45) is 0 Å². The number of benzene rings is 2. The Bertz CT molecular complexity index is 626. The Labute approximate surface area is 126 Å². The highest BCUT2D eigenvalue weighted by atomic mass is 79.9. The minimum absolute atomic E-state index is 0.124. The lowest BCUT2D eigenvalue weighted by Gasteiger charge is -2.20. The molecule has 5 heteroatoms. The molecular weight excluding hydrogens is 320 g/mol. The molecule has 0 aromatic heterocycles. The van der Waals surface area contributed by atoms with Crippen LogP contribution in [0.5, 0.6) is 5.75 Å². The molecule has 0 fully saturated rings. The number of halogens is 1. The molecule has 2 rings (SSSR count).